The van der Waals surface area contributed by atoms with Gasteiger partial charge in [-0.2, -0.15) is 0 Å². The van der Waals surface area contributed by atoms with Gasteiger partial charge in [0, 0.05) is 13.6 Å². The zero-order valence-corrected chi connectivity index (χ0v) is 10.0. The van der Waals surface area contributed by atoms with E-state index >= 15 is 0 Å². The quantitative estimate of drug-likeness (QED) is 0.793. The van der Waals surface area contributed by atoms with E-state index in [-0.39, 0.29) is 11.9 Å². The molecule has 1 aliphatic heterocycles. The second-order valence-corrected chi connectivity index (χ2v) is 4.30. The molecule has 5 heteroatoms. The normalized spacial score (nSPS) is 20.4. The van der Waals surface area contributed by atoms with Crippen LogP contribution in [0.4, 0.5) is 5.82 Å². The molecule has 0 spiro atoms. The predicted molar refractivity (Wildman–Crippen MR) is 66.1 cm³/mol. The average Bonchev–Trinajstić information content (AvgIpc) is 2.76. The number of hydrogen-bond donors (Lipinski definition) is 2. The number of nitrogen functional groups attached to an aromatic ring is 1. The van der Waals surface area contributed by atoms with Gasteiger partial charge < -0.3 is 11.1 Å². The molecule has 1 fully saturated rings. The Morgan fingerprint density at radius 2 is 2.47 bits per heavy atom. The highest BCUT2D eigenvalue weighted by Gasteiger charge is 2.29. The molecule has 1 saturated heterocycles. The number of aromatic nitrogens is 1. The van der Waals surface area contributed by atoms with Crippen LogP contribution in [0.1, 0.15) is 18.5 Å². The van der Waals surface area contributed by atoms with Crippen LogP contribution in [0.2, 0.25) is 0 Å². The molecule has 1 aliphatic rings. The summed E-state index contributed by atoms with van der Waals surface area (Å²) < 4.78 is 0. The molecule has 92 valence electrons. The number of amides is 1. The lowest BCUT2D eigenvalue weighted by molar-refractivity contribution is -0.125. The first-order chi connectivity index (χ1) is 8.20. The molecular weight excluding hydrogens is 216 g/mol. The minimum Gasteiger partial charge on any atom is -0.384 e. The number of likely N-dealkylation sites (tertiary alicyclic amines) is 1. The van der Waals surface area contributed by atoms with Gasteiger partial charge in [-0.05, 0) is 31.5 Å². The SMILES string of the molecule is CNC(=O)C1CCCN1Cc1cccc(N)n1. The molecule has 1 amide bonds. The zero-order chi connectivity index (χ0) is 12.3. The molecule has 3 N–H and O–H groups in total. The van der Waals surface area contributed by atoms with Gasteiger partial charge in [-0.3, -0.25) is 9.69 Å². The van der Waals surface area contributed by atoms with Crippen molar-refractivity contribution in [2.45, 2.75) is 25.4 Å². The van der Waals surface area contributed by atoms with Crippen LogP contribution in [0.3, 0.4) is 0 Å². The van der Waals surface area contributed by atoms with Crippen molar-refractivity contribution in [1.82, 2.24) is 15.2 Å². The number of nitrogens with two attached hydrogens (primary N) is 1. The number of carbonyl (C=O) groups is 1. The van der Waals surface area contributed by atoms with E-state index in [0.717, 1.165) is 25.1 Å². The van der Waals surface area contributed by atoms with Crippen LogP contribution < -0.4 is 11.1 Å². The van der Waals surface area contributed by atoms with Crippen molar-refractivity contribution in [3.63, 3.8) is 0 Å². The van der Waals surface area contributed by atoms with Crippen LogP contribution in [0.15, 0.2) is 18.2 Å². The fraction of sp³-hybridized carbons (Fsp3) is 0.500. The van der Waals surface area contributed by atoms with E-state index in [0.29, 0.717) is 12.4 Å². The highest BCUT2D eigenvalue weighted by Crippen LogP contribution is 2.19. The lowest BCUT2D eigenvalue weighted by Gasteiger charge is -2.22. The first kappa shape index (κ1) is 11.9. The minimum atomic E-state index is -0.0248. The number of carbonyl (C=O) groups excluding carboxylic acids is 1. The summed E-state index contributed by atoms with van der Waals surface area (Å²) in [6.07, 6.45) is 1.97. The third kappa shape index (κ3) is 2.74. The standard InChI is InChI=1S/C12H18N4O/c1-14-12(17)10-5-3-7-16(10)8-9-4-2-6-11(13)15-9/h2,4,6,10H,3,5,7-8H2,1H3,(H2,13,15)(H,14,17). The molecule has 1 atom stereocenters. The molecular formula is C12H18N4O. The van der Waals surface area contributed by atoms with Crippen molar-refractivity contribution in [2.75, 3.05) is 19.3 Å². The van der Waals surface area contributed by atoms with E-state index in [1.54, 1.807) is 13.1 Å². The minimum absolute atomic E-state index is 0.0248. The van der Waals surface area contributed by atoms with Crippen molar-refractivity contribution >= 4 is 11.7 Å². The topological polar surface area (TPSA) is 71.2 Å². The third-order valence-electron chi connectivity index (χ3n) is 3.11. The second-order valence-electron chi connectivity index (χ2n) is 4.30. The van der Waals surface area contributed by atoms with Crippen molar-refractivity contribution in [3.05, 3.63) is 23.9 Å². The summed E-state index contributed by atoms with van der Waals surface area (Å²) in [5.74, 6) is 0.615. The summed E-state index contributed by atoms with van der Waals surface area (Å²) in [4.78, 5) is 18.1. The fourth-order valence-electron chi connectivity index (χ4n) is 2.27. The lowest BCUT2D eigenvalue weighted by Crippen LogP contribution is -2.41. The Kier molecular flexibility index (Phi) is 3.58. The van der Waals surface area contributed by atoms with Gasteiger partial charge in [0.25, 0.3) is 0 Å². The molecule has 2 heterocycles. The largest absolute Gasteiger partial charge is 0.384 e. The monoisotopic (exact) mass is 234 g/mol. The maximum Gasteiger partial charge on any atom is 0.237 e. The van der Waals surface area contributed by atoms with Gasteiger partial charge in [0.1, 0.15) is 5.82 Å². The van der Waals surface area contributed by atoms with Gasteiger partial charge in [-0.25, -0.2) is 4.98 Å². The molecule has 0 bridgehead atoms. The maximum absolute atomic E-state index is 11.7. The van der Waals surface area contributed by atoms with Crippen LogP contribution in [0.25, 0.3) is 0 Å². The average molecular weight is 234 g/mol. The van der Waals surface area contributed by atoms with Gasteiger partial charge in [-0.15, -0.1) is 0 Å². The molecule has 0 aromatic carbocycles. The van der Waals surface area contributed by atoms with Gasteiger partial charge in [0.2, 0.25) is 5.91 Å². The van der Waals surface area contributed by atoms with E-state index < -0.39 is 0 Å². The Bertz CT molecular complexity index is 407. The Hall–Kier alpha value is -1.62. The molecule has 0 radical (unpaired) electrons. The molecule has 2 rings (SSSR count). The Balaban J connectivity index is 2.05. The first-order valence-electron chi connectivity index (χ1n) is 5.88. The second kappa shape index (κ2) is 5.14. The number of nitrogens with one attached hydrogen (secondary N) is 1. The van der Waals surface area contributed by atoms with Gasteiger partial charge in [-0.1, -0.05) is 6.07 Å². The van der Waals surface area contributed by atoms with Crippen LogP contribution in [0, 0.1) is 0 Å². The Morgan fingerprint density at radius 3 is 3.18 bits per heavy atom. The van der Waals surface area contributed by atoms with E-state index in [1.165, 1.54) is 0 Å². The highest BCUT2D eigenvalue weighted by molar-refractivity contribution is 5.81. The van der Waals surface area contributed by atoms with Crippen molar-refractivity contribution < 1.29 is 4.79 Å². The number of rotatable bonds is 3. The van der Waals surface area contributed by atoms with Gasteiger partial charge in [0.15, 0.2) is 0 Å². The maximum atomic E-state index is 11.7. The lowest BCUT2D eigenvalue weighted by atomic mass is 10.2. The number of hydrogen-bond acceptors (Lipinski definition) is 4. The molecule has 17 heavy (non-hydrogen) atoms. The van der Waals surface area contributed by atoms with Crippen LogP contribution >= 0.6 is 0 Å². The summed E-state index contributed by atoms with van der Waals surface area (Å²) in [6.45, 7) is 1.62. The van der Waals surface area contributed by atoms with Crippen molar-refractivity contribution in [2.24, 2.45) is 0 Å². The number of anilines is 1. The summed E-state index contributed by atoms with van der Waals surface area (Å²) in [5, 5.41) is 2.71. The smallest absolute Gasteiger partial charge is 0.237 e. The van der Waals surface area contributed by atoms with E-state index in [1.807, 2.05) is 12.1 Å². The third-order valence-corrected chi connectivity index (χ3v) is 3.11. The Morgan fingerprint density at radius 1 is 1.65 bits per heavy atom. The zero-order valence-electron chi connectivity index (χ0n) is 10.0. The molecule has 1 aromatic rings. The predicted octanol–water partition coefficient (Wildman–Crippen LogP) is 0.374. The fourth-order valence-corrected chi connectivity index (χ4v) is 2.27. The highest BCUT2D eigenvalue weighted by atomic mass is 16.2. The number of likely N-dealkylation sites (N-methyl/N-ethyl adjacent to an activating group) is 1. The first-order valence-corrected chi connectivity index (χ1v) is 5.88. The van der Waals surface area contributed by atoms with E-state index in [4.69, 9.17) is 5.73 Å². The van der Waals surface area contributed by atoms with E-state index in [9.17, 15) is 4.79 Å². The number of pyridine rings is 1. The molecule has 1 unspecified atom stereocenters. The van der Waals surface area contributed by atoms with Crippen LogP contribution in [-0.2, 0) is 11.3 Å². The summed E-state index contributed by atoms with van der Waals surface area (Å²) in [7, 11) is 1.68. The summed E-state index contributed by atoms with van der Waals surface area (Å²) in [6, 6.07) is 5.57. The van der Waals surface area contributed by atoms with Crippen molar-refractivity contribution in [1.29, 1.82) is 0 Å². The van der Waals surface area contributed by atoms with Crippen LogP contribution in [0.5, 0.6) is 0 Å². The number of nitrogens with zero attached hydrogens (tertiary/aromatic N) is 2. The summed E-state index contributed by atoms with van der Waals surface area (Å²) in [5.41, 5.74) is 6.56. The van der Waals surface area contributed by atoms with Crippen LogP contribution in [-0.4, -0.2) is 35.4 Å². The van der Waals surface area contributed by atoms with Crippen molar-refractivity contribution in [3.8, 4) is 0 Å². The van der Waals surface area contributed by atoms with Gasteiger partial charge >= 0.3 is 0 Å². The van der Waals surface area contributed by atoms with E-state index in [2.05, 4.69) is 15.2 Å². The molecule has 0 saturated carbocycles. The molecule has 5 nitrogen and oxygen atoms in total. The molecule has 0 aliphatic carbocycles. The Labute approximate surface area is 101 Å². The summed E-state index contributed by atoms with van der Waals surface area (Å²) >= 11 is 0. The van der Waals surface area contributed by atoms with Gasteiger partial charge in [0.05, 0.1) is 11.7 Å². The molecule has 1 aromatic heterocycles.